The number of ether oxygens (including phenoxy) is 4. The average molecular weight is 582 g/mol. The normalized spacial score (nSPS) is 14.6. The van der Waals surface area contributed by atoms with Crippen LogP contribution >= 0.6 is 11.3 Å². The summed E-state index contributed by atoms with van der Waals surface area (Å²) in [5.74, 6) is -0.600. The molecule has 0 bridgehead atoms. The SMILES string of the molecule is CCOC(=O)C1=C(C)N=c2s/c(=C\c3ccc([N+](=O)[O-])cc3)c(=O)n2[C@@H]1c1ccc(OCC(=O)OC)c(OCC)c1. The molecule has 0 saturated carbocycles. The Kier molecular flexibility index (Phi) is 8.97. The summed E-state index contributed by atoms with van der Waals surface area (Å²) in [5.41, 5.74) is 1.22. The van der Waals surface area contributed by atoms with Crippen molar-refractivity contribution in [2.75, 3.05) is 26.9 Å². The lowest BCUT2D eigenvalue weighted by molar-refractivity contribution is -0.384. The van der Waals surface area contributed by atoms with Crippen molar-refractivity contribution in [3.05, 3.63) is 94.7 Å². The third kappa shape index (κ3) is 6.19. The third-order valence-corrected chi connectivity index (χ3v) is 7.06. The van der Waals surface area contributed by atoms with E-state index >= 15 is 0 Å². The van der Waals surface area contributed by atoms with Crippen LogP contribution < -0.4 is 24.4 Å². The molecule has 0 amide bonds. The van der Waals surface area contributed by atoms with E-state index < -0.39 is 28.5 Å². The predicted octanol–water partition coefficient (Wildman–Crippen LogP) is 2.66. The Hall–Kier alpha value is -4.78. The fourth-order valence-corrected chi connectivity index (χ4v) is 5.28. The van der Waals surface area contributed by atoms with Gasteiger partial charge in [0.15, 0.2) is 22.9 Å². The molecule has 0 fully saturated rings. The molecule has 3 aromatic rings. The lowest BCUT2D eigenvalue weighted by atomic mass is 9.95. The summed E-state index contributed by atoms with van der Waals surface area (Å²) in [4.78, 5) is 54.0. The summed E-state index contributed by atoms with van der Waals surface area (Å²) in [7, 11) is 1.25. The third-order valence-electron chi connectivity index (χ3n) is 6.08. The van der Waals surface area contributed by atoms with E-state index in [0.29, 0.717) is 31.9 Å². The summed E-state index contributed by atoms with van der Waals surface area (Å²) < 4.78 is 23.0. The first-order valence-corrected chi connectivity index (χ1v) is 13.4. The van der Waals surface area contributed by atoms with E-state index in [0.717, 1.165) is 11.3 Å². The topological polar surface area (TPSA) is 149 Å². The summed E-state index contributed by atoms with van der Waals surface area (Å²) in [6, 6.07) is 9.81. The van der Waals surface area contributed by atoms with Crippen molar-refractivity contribution in [2.45, 2.75) is 26.8 Å². The highest BCUT2D eigenvalue weighted by Gasteiger charge is 2.34. The van der Waals surface area contributed by atoms with Gasteiger partial charge in [-0.05, 0) is 62.2 Å². The van der Waals surface area contributed by atoms with Gasteiger partial charge in [0.05, 0.1) is 47.1 Å². The molecule has 0 saturated heterocycles. The molecule has 12 nitrogen and oxygen atoms in total. The van der Waals surface area contributed by atoms with Crippen molar-refractivity contribution in [1.29, 1.82) is 0 Å². The lowest BCUT2D eigenvalue weighted by Gasteiger charge is -2.25. The minimum atomic E-state index is -0.904. The van der Waals surface area contributed by atoms with E-state index in [4.69, 9.17) is 14.2 Å². The number of carbonyl (C=O) groups is 2. The molecule has 0 radical (unpaired) electrons. The Morgan fingerprint density at radius 1 is 1.10 bits per heavy atom. The maximum atomic E-state index is 13.8. The van der Waals surface area contributed by atoms with Crippen LogP contribution in [0.25, 0.3) is 6.08 Å². The summed E-state index contributed by atoms with van der Waals surface area (Å²) in [5, 5.41) is 11.0. The summed E-state index contributed by atoms with van der Waals surface area (Å²) >= 11 is 1.13. The van der Waals surface area contributed by atoms with Crippen LogP contribution in [0.15, 0.2) is 63.5 Å². The first-order chi connectivity index (χ1) is 19.7. The second-order valence-electron chi connectivity index (χ2n) is 8.65. The van der Waals surface area contributed by atoms with Crippen molar-refractivity contribution in [3.63, 3.8) is 0 Å². The molecule has 4 rings (SSSR count). The number of methoxy groups -OCH3 is 1. The monoisotopic (exact) mass is 581 g/mol. The first-order valence-electron chi connectivity index (χ1n) is 12.6. The molecule has 1 aliphatic rings. The van der Waals surface area contributed by atoms with E-state index in [1.54, 1.807) is 57.2 Å². The van der Waals surface area contributed by atoms with Gasteiger partial charge in [0, 0.05) is 12.1 Å². The number of carbonyl (C=O) groups excluding carboxylic acids is 2. The van der Waals surface area contributed by atoms with Crippen molar-refractivity contribution in [2.24, 2.45) is 4.99 Å². The molecule has 2 heterocycles. The number of hydrogen-bond acceptors (Lipinski definition) is 11. The number of aromatic nitrogens is 1. The van der Waals surface area contributed by atoms with Gasteiger partial charge in [-0.3, -0.25) is 19.5 Å². The maximum Gasteiger partial charge on any atom is 0.343 e. The number of esters is 2. The Morgan fingerprint density at radius 3 is 2.46 bits per heavy atom. The smallest absolute Gasteiger partial charge is 0.343 e. The fraction of sp³-hybridized carbons (Fsp3) is 0.286. The highest BCUT2D eigenvalue weighted by Crippen LogP contribution is 2.36. The molecule has 1 atom stereocenters. The number of nitrogens with zero attached hydrogens (tertiary/aromatic N) is 3. The number of allylic oxidation sites excluding steroid dienone is 1. The van der Waals surface area contributed by atoms with Crippen LogP contribution in [0.1, 0.15) is 37.9 Å². The van der Waals surface area contributed by atoms with Gasteiger partial charge in [0.2, 0.25) is 0 Å². The van der Waals surface area contributed by atoms with Crippen LogP contribution in [0.4, 0.5) is 5.69 Å². The van der Waals surface area contributed by atoms with Crippen LogP contribution in [0.5, 0.6) is 11.5 Å². The minimum absolute atomic E-state index is 0.0672. The largest absolute Gasteiger partial charge is 0.490 e. The van der Waals surface area contributed by atoms with Crippen LogP contribution in [-0.2, 0) is 19.1 Å². The van der Waals surface area contributed by atoms with E-state index in [9.17, 15) is 24.5 Å². The Balaban J connectivity index is 1.88. The highest BCUT2D eigenvalue weighted by atomic mass is 32.1. The molecule has 13 heteroatoms. The molecule has 1 aromatic heterocycles. The quantitative estimate of drug-likeness (QED) is 0.200. The van der Waals surface area contributed by atoms with Crippen molar-refractivity contribution >= 4 is 35.0 Å². The van der Waals surface area contributed by atoms with Gasteiger partial charge in [0.1, 0.15) is 0 Å². The fourth-order valence-electron chi connectivity index (χ4n) is 4.23. The van der Waals surface area contributed by atoms with E-state index in [2.05, 4.69) is 9.73 Å². The van der Waals surface area contributed by atoms with E-state index in [1.807, 2.05) is 0 Å². The van der Waals surface area contributed by atoms with Gasteiger partial charge in [-0.2, -0.15) is 0 Å². The van der Waals surface area contributed by atoms with Crippen molar-refractivity contribution < 1.29 is 33.5 Å². The minimum Gasteiger partial charge on any atom is -0.490 e. The highest BCUT2D eigenvalue weighted by molar-refractivity contribution is 7.07. The lowest BCUT2D eigenvalue weighted by Crippen LogP contribution is -2.40. The molecule has 0 aliphatic carbocycles. The van der Waals surface area contributed by atoms with Gasteiger partial charge < -0.3 is 18.9 Å². The molecule has 2 aromatic carbocycles. The van der Waals surface area contributed by atoms with Gasteiger partial charge >= 0.3 is 11.9 Å². The summed E-state index contributed by atoms with van der Waals surface area (Å²) in [6.45, 7) is 5.22. The maximum absolute atomic E-state index is 13.8. The first kappa shape index (κ1) is 29.2. The molecule has 0 N–H and O–H groups in total. The molecule has 1 aliphatic heterocycles. The van der Waals surface area contributed by atoms with Crippen molar-refractivity contribution in [3.8, 4) is 11.5 Å². The Bertz CT molecular complexity index is 1700. The second kappa shape index (κ2) is 12.6. The molecule has 0 unspecified atom stereocenters. The number of nitro benzene ring substituents is 1. The predicted molar refractivity (Wildman–Crippen MR) is 149 cm³/mol. The zero-order valence-electron chi connectivity index (χ0n) is 22.7. The number of benzene rings is 2. The molecular formula is C28H27N3O9S. The van der Waals surface area contributed by atoms with Crippen LogP contribution in [-0.4, -0.2) is 48.4 Å². The second-order valence-corrected chi connectivity index (χ2v) is 9.66. The van der Waals surface area contributed by atoms with Gasteiger partial charge in [-0.25, -0.2) is 14.6 Å². The average Bonchev–Trinajstić information content (AvgIpc) is 3.25. The zero-order valence-corrected chi connectivity index (χ0v) is 23.6. The molecule has 0 spiro atoms. The van der Waals surface area contributed by atoms with Crippen molar-refractivity contribution in [1.82, 2.24) is 4.57 Å². The van der Waals surface area contributed by atoms with E-state index in [1.165, 1.54) is 23.8 Å². The standard InChI is InChI=1S/C28H27N3O9S/c1-5-38-21-14-18(9-12-20(21)40-15-23(32)37-4)25-24(27(34)39-6-2)16(3)29-28-30(25)26(33)22(41-28)13-17-7-10-19(11-8-17)31(35)36/h7-14,25H,5-6,15H2,1-4H3/b22-13-/t25-/m1/s1. The number of non-ortho nitro benzene ring substituents is 1. The molecule has 214 valence electrons. The number of nitro groups is 1. The number of fused-ring (bicyclic) bond motifs is 1. The summed E-state index contributed by atoms with van der Waals surface area (Å²) in [6.07, 6.45) is 1.61. The number of hydrogen-bond donors (Lipinski definition) is 0. The van der Waals surface area contributed by atoms with Gasteiger partial charge in [0.25, 0.3) is 11.2 Å². The van der Waals surface area contributed by atoms with Crippen LogP contribution in [0.3, 0.4) is 0 Å². The van der Waals surface area contributed by atoms with Crippen LogP contribution in [0.2, 0.25) is 0 Å². The molecular weight excluding hydrogens is 554 g/mol. The number of rotatable bonds is 10. The molecule has 41 heavy (non-hydrogen) atoms. The Labute approximate surface area is 237 Å². The number of thiazole rings is 1. The van der Waals surface area contributed by atoms with Crippen LogP contribution in [0, 0.1) is 10.1 Å². The van der Waals surface area contributed by atoms with Gasteiger partial charge in [-0.15, -0.1) is 0 Å². The zero-order chi connectivity index (χ0) is 29.7. The Morgan fingerprint density at radius 2 is 1.83 bits per heavy atom. The van der Waals surface area contributed by atoms with E-state index in [-0.39, 0.29) is 36.8 Å². The van der Waals surface area contributed by atoms with Gasteiger partial charge in [-0.1, -0.05) is 17.4 Å².